The maximum atomic E-state index is 5.57. The standard InChI is InChI=1S/C13H23N5O2/c1-10-17-12(20-18-10)8-16-13(14-2)15-6-3-7-19-9-11-4-5-11/h11H,3-9H2,1-2H3,(H2,14,15,16). The van der Waals surface area contributed by atoms with Gasteiger partial charge in [-0.05, 0) is 32.1 Å². The Morgan fingerprint density at radius 2 is 2.30 bits per heavy atom. The van der Waals surface area contributed by atoms with E-state index in [1.807, 2.05) is 0 Å². The van der Waals surface area contributed by atoms with Crippen LogP contribution in [0.1, 0.15) is 31.0 Å². The second-order valence-corrected chi connectivity index (χ2v) is 4.96. The third-order valence-electron chi connectivity index (χ3n) is 3.01. The zero-order valence-corrected chi connectivity index (χ0v) is 12.2. The van der Waals surface area contributed by atoms with Crippen LogP contribution < -0.4 is 10.6 Å². The van der Waals surface area contributed by atoms with Gasteiger partial charge in [-0.25, -0.2) is 0 Å². The molecule has 0 unspecified atom stereocenters. The maximum absolute atomic E-state index is 5.57. The second-order valence-electron chi connectivity index (χ2n) is 4.96. The highest BCUT2D eigenvalue weighted by Crippen LogP contribution is 2.28. The van der Waals surface area contributed by atoms with Gasteiger partial charge in [-0.2, -0.15) is 4.98 Å². The van der Waals surface area contributed by atoms with Crippen LogP contribution in [0.5, 0.6) is 0 Å². The molecule has 1 aromatic rings. The smallest absolute Gasteiger partial charge is 0.246 e. The van der Waals surface area contributed by atoms with Crippen molar-refractivity contribution in [1.82, 2.24) is 20.8 Å². The monoisotopic (exact) mass is 281 g/mol. The molecule has 1 aliphatic carbocycles. The summed E-state index contributed by atoms with van der Waals surface area (Å²) < 4.78 is 10.6. The lowest BCUT2D eigenvalue weighted by Gasteiger charge is -2.10. The number of ether oxygens (including phenoxy) is 1. The van der Waals surface area contributed by atoms with Crippen molar-refractivity contribution < 1.29 is 9.26 Å². The van der Waals surface area contributed by atoms with E-state index < -0.39 is 0 Å². The van der Waals surface area contributed by atoms with Crippen molar-refractivity contribution >= 4 is 5.96 Å². The van der Waals surface area contributed by atoms with Gasteiger partial charge in [0.2, 0.25) is 5.89 Å². The Labute approximate surface area is 119 Å². The van der Waals surface area contributed by atoms with Gasteiger partial charge in [-0.1, -0.05) is 5.16 Å². The summed E-state index contributed by atoms with van der Waals surface area (Å²) >= 11 is 0. The van der Waals surface area contributed by atoms with Gasteiger partial charge >= 0.3 is 0 Å². The van der Waals surface area contributed by atoms with Crippen molar-refractivity contribution in [2.24, 2.45) is 10.9 Å². The zero-order valence-electron chi connectivity index (χ0n) is 12.2. The lowest BCUT2D eigenvalue weighted by Crippen LogP contribution is -2.37. The molecule has 1 heterocycles. The van der Waals surface area contributed by atoms with Crippen molar-refractivity contribution in [2.45, 2.75) is 32.7 Å². The molecule has 2 rings (SSSR count). The molecule has 0 aliphatic heterocycles. The summed E-state index contributed by atoms with van der Waals surface area (Å²) in [4.78, 5) is 8.25. The first-order valence-corrected chi connectivity index (χ1v) is 7.09. The van der Waals surface area contributed by atoms with Gasteiger partial charge in [-0.15, -0.1) is 0 Å². The lowest BCUT2D eigenvalue weighted by molar-refractivity contribution is 0.123. The first-order valence-electron chi connectivity index (χ1n) is 7.09. The third-order valence-corrected chi connectivity index (χ3v) is 3.01. The number of aromatic nitrogens is 2. The van der Waals surface area contributed by atoms with E-state index in [1.165, 1.54) is 12.8 Å². The van der Waals surface area contributed by atoms with Crippen LogP contribution in [-0.4, -0.2) is 42.9 Å². The predicted octanol–water partition coefficient (Wildman–Crippen LogP) is 0.860. The number of nitrogens with one attached hydrogen (secondary N) is 2. The van der Waals surface area contributed by atoms with Crippen molar-refractivity contribution in [3.05, 3.63) is 11.7 Å². The van der Waals surface area contributed by atoms with Crippen molar-refractivity contribution in [2.75, 3.05) is 26.8 Å². The van der Waals surface area contributed by atoms with Crippen molar-refractivity contribution in [3.8, 4) is 0 Å². The fourth-order valence-electron chi connectivity index (χ4n) is 1.71. The molecule has 0 spiro atoms. The van der Waals surface area contributed by atoms with Gasteiger partial charge in [0.1, 0.15) is 0 Å². The van der Waals surface area contributed by atoms with E-state index in [0.717, 1.165) is 38.1 Å². The zero-order chi connectivity index (χ0) is 14.2. The van der Waals surface area contributed by atoms with E-state index in [1.54, 1.807) is 14.0 Å². The number of guanidine groups is 1. The first-order chi connectivity index (χ1) is 9.78. The Bertz CT molecular complexity index is 428. The lowest BCUT2D eigenvalue weighted by atomic mass is 10.4. The Morgan fingerprint density at radius 3 is 2.95 bits per heavy atom. The molecule has 20 heavy (non-hydrogen) atoms. The summed E-state index contributed by atoms with van der Waals surface area (Å²) in [6.45, 7) is 4.81. The average molecular weight is 281 g/mol. The number of nitrogens with zero attached hydrogens (tertiary/aromatic N) is 3. The topological polar surface area (TPSA) is 84.6 Å². The molecule has 0 aromatic carbocycles. The number of hydrogen-bond donors (Lipinski definition) is 2. The average Bonchev–Trinajstić information content (AvgIpc) is 3.18. The van der Waals surface area contributed by atoms with Gasteiger partial charge < -0.3 is 19.9 Å². The third kappa shape index (κ3) is 5.56. The van der Waals surface area contributed by atoms with Crippen LogP contribution >= 0.6 is 0 Å². The molecule has 0 bridgehead atoms. The van der Waals surface area contributed by atoms with Crippen LogP contribution in [0.2, 0.25) is 0 Å². The summed E-state index contributed by atoms with van der Waals surface area (Å²) in [5.74, 6) is 2.74. The van der Waals surface area contributed by atoms with Crippen molar-refractivity contribution in [3.63, 3.8) is 0 Å². The summed E-state index contributed by atoms with van der Waals surface area (Å²) in [6, 6.07) is 0. The molecule has 0 amide bonds. The van der Waals surface area contributed by atoms with Crippen LogP contribution in [0.3, 0.4) is 0 Å². The number of aliphatic imine (C=N–C) groups is 1. The summed E-state index contributed by atoms with van der Waals surface area (Å²) in [6.07, 6.45) is 3.64. The first kappa shape index (κ1) is 14.8. The highest BCUT2D eigenvalue weighted by molar-refractivity contribution is 5.79. The number of rotatable bonds is 8. The Balaban J connectivity index is 1.52. The molecule has 7 heteroatoms. The molecular formula is C13H23N5O2. The molecule has 1 aromatic heterocycles. The highest BCUT2D eigenvalue weighted by Gasteiger charge is 2.20. The molecule has 1 fully saturated rings. The van der Waals surface area contributed by atoms with E-state index in [-0.39, 0.29) is 0 Å². The molecule has 2 N–H and O–H groups in total. The van der Waals surface area contributed by atoms with Crippen LogP contribution in [0.25, 0.3) is 0 Å². The molecule has 1 saturated carbocycles. The molecule has 0 saturated heterocycles. The normalized spacial score (nSPS) is 15.4. The fourth-order valence-corrected chi connectivity index (χ4v) is 1.71. The summed E-state index contributed by atoms with van der Waals surface area (Å²) in [5, 5.41) is 10.1. The van der Waals surface area contributed by atoms with E-state index in [9.17, 15) is 0 Å². The molecule has 1 aliphatic rings. The Morgan fingerprint density at radius 1 is 1.45 bits per heavy atom. The van der Waals surface area contributed by atoms with Crippen LogP contribution in [-0.2, 0) is 11.3 Å². The van der Waals surface area contributed by atoms with Crippen LogP contribution in [0.4, 0.5) is 0 Å². The Hall–Kier alpha value is -1.63. The quantitative estimate of drug-likeness (QED) is 0.418. The molecule has 0 radical (unpaired) electrons. The van der Waals surface area contributed by atoms with E-state index in [2.05, 4.69) is 25.8 Å². The number of hydrogen-bond acceptors (Lipinski definition) is 5. The van der Waals surface area contributed by atoms with E-state index in [4.69, 9.17) is 9.26 Å². The minimum Gasteiger partial charge on any atom is -0.381 e. The second kappa shape index (κ2) is 7.84. The minimum atomic E-state index is 0.471. The largest absolute Gasteiger partial charge is 0.381 e. The summed E-state index contributed by atoms with van der Waals surface area (Å²) in [7, 11) is 1.73. The van der Waals surface area contributed by atoms with Gasteiger partial charge in [0.05, 0.1) is 6.54 Å². The van der Waals surface area contributed by atoms with Gasteiger partial charge in [0.15, 0.2) is 11.8 Å². The van der Waals surface area contributed by atoms with Gasteiger partial charge in [0, 0.05) is 26.8 Å². The summed E-state index contributed by atoms with van der Waals surface area (Å²) in [5.41, 5.74) is 0. The van der Waals surface area contributed by atoms with E-state index >= 15 is 0 Å². The molecule has 112 valence electrons. The van der Waals surface area contributed by atoms with Crippen molar-refractivity contribution in [1.29, 1.82) is 0 Å². The molecule has 0 atom stereocenters. The Kier molecular flexibility index (Phi) is 5.79. The highest BCUT2D eigenvalue weighted by atomic mass is 16.5. The van der Waals surface area contributed by atoms with Crippen LogP contribution in [0, 0.1) is 12.8 Å². The number of aryl methyl sites for hydroxylation is 1. The van der Waals surface area contributed by atoms with Gasteiger partial charge in [0.25, 0.3) is 0 Å². The molecular weight excluding hydrogens is 258 g/mol. The minimum absolute atomic E-state index is 0.471. The van der Waals surface area contributed by atoms with E-state index in [0.29, 0.717) is 18.3 Å². The molecule has 7 nitrogen and oxygen atoms in total. The SMILES string of the molecule is CN=C(NCCCOCC1CC1)NCc1nc(C)no1. The van der Waals surface area contributed by atoms with Crippen LogP contribution in [0.15, 0.2) is 9.52 Å². The maximum Gasteiger partial charge on any atom is 0.246 e. The predicted molar refractivity (Wildman–Crippen MR) is 75.4 cm³/mol. The van der Waals surface area contributed by atoms with Gasteiger partial charge in [-0.3, -0.25) is 4.99 Å². The fraction of sp³-hybridized carbons (Fsp3) is 0.769.